The molecule has 256 valence electrons. The lowest BCUT2D eigenvalue weighted by Crippen LogP contribution is -2.01. The van der Waals surface area contributed by atoms with E-state index >= 15 is 0 Å². The first-order chi connectivity index (χ1) is 27.2. The van der Waals surface area contributed by atoms with E-state index in [1.165, 1.54) is 0 Å². The van der Waals surface area contributed by atoms with Gasteiger partial charge in [0.05, 0.1) is 5.56 Å². The molecule has 0 aliphatic carbocycles. The van der Waals surface area contributed by atoms with Crippen molar-refractivity contribution >= 4 is 76.6 Å². The number of rotatable bonds is 4. The van der Waals surface area contributed by atoms with Crippen molar-refractivity contribution in [1.29, 1.82) is 0 Å². The molecule has 0 fully saturated rings. The van der Waals surface area contributed by atoms with Gasteiger partial charge in [0.1, 0.15) is 33.5 Å². The Kier molecular flexibility index (Phi) is 6.24. The van der Waals surface area contributed by atoms with Crippen molar-refractivity contribution in [1.82, 2.24) is 15.0 Å². The Morgan fingerprint density at radius 3 is 1.73 bits per heavy atom. The maximum absolute atomic E-state index is 6.72. The SMILES string of the molecule is c1ccc2cc(-c3nc(-c4cccc5c4oc4ccccc45)nc(-c4ccc(-c5ccc6c(c5)oc5ccccc56)c5oc6ccccc6c45)n3)ccc2c1. The molecule has 12 rings (SSSR count). The van der Waals surface area contributed by atoms with E-state index in [4.69, 9.17) is 28.2 Å². The first kappa shape index (κ1) is 29.9. The highest BCUT2D eigenvalue weighted by atomic mass is 16.3. The first-order valence-corrected chi connectivity index (χ1v) is 18.3. The highest BCUT2D eigenvalue weighted by molar-refractivity contribution is 6.16. The van der Waals surface area contributed by atoms with Gasteiger partial charge in [-0.25, -0.2) is 15.0 Å². The van der Waals surface area contributed by atoms with Crippen molar-refractivity contribution in [2.75, 3.05) is 0 Å². The minimum atomic E-state index is 0.526. The fourth-order valence-corrected chi connectivity index (χ4v) is 8.13. The molecule has 6 nitrogen and oxygen atoms in total. The van der Waals surface area contributed by atoms with Gasteiger partial charge >= 0.3 is 0 Å². The second-order valence-electron chi connectivity index (χ2n) is 13.9. The van der Waals surface area contributed by atoms with Crippen molar-refractivity contribution in [2.45, 2.75) is 0 Å². The van der Waals surface area contributed by atoms with Gasteiger partial charge in [-0.15, -0.1) is 0 Å². The quantitative estimate of drug-likeness (QED) is 0.181. The molecule has 8 aromatic carbocycles. The lowest BCUT2D eigenvalue weighted by Gasteiger charge is -2.11. The third kappa shape index (κ3) is 4.58. The average Bonchev–Trinajstić information content (AvgIpc) is 3.94. The Hall–Kier alpha value is -7.57. The van der Waals surface area contributed by atoms with E-state index in [9.17, 15) is 0 Å². The van der Waals surface area contributed by atoms with E-state index < -0.39 is 0 Å². The number of nitrogens with zero attached hydrogens (tertiary/aromatic N) is 3. The molecule has 0 unspecified atom stereocenters. The number of benzene rings is 8. The average molecular weight is 706 g/mol. The van der Waals surface area contributed by atoms with Gasteiger partial charge in [0.2, 0.25) is 0 Å². The van der Waals surface area contributed by atoms with Gasteiger partial charge in [-0.3, -0.25) is 0 Å². The van der Waals surface area contributed by atoms with E-state index in [1.807, 2.05) is 78.9 Å². The van der Waals surface area contributed by atoms with Crippen molar-refractivity contribution in [2.24, 2.45) is 0 Å². The van der Waals surface area contributed by atoms with Gasteiger partial charge in [-0.1, -0.05) is 109 Å². The molecular weight excluding hydrogens is 679 g/mol. The fraction of sp³-hybridized carbons (Fsp3) is 0. The van der Waals surface area contributed by atoms with Crippen LogP contribution in [0.25, 0.3) is 122 Å². The molecule has 0 aliphatic heterocycles. The predicted octanol–water partition coefficient (Wildman–Crippen LogP) is 13.4. The number of furan rings is 3. The highest BCUT2D eigenvalue weighted by Gasteiger charge is 2.23. The van der Waals surface area contributed by atoms with Crippen LogP contribution in [0.2, 0.25) is 0 Å². The fourth-order valence-electron chi connectivity index (χ4n) is 8.13. The summed E-state index contributed by atoms with van der Waals surface area (Å²) in [4.78, 5) is 15.6. The van der Waals surface area contributed by atoms with Gasteiger partial charge in [0, 0.05) is 49.0 Å². The standard InChI is InChI=1S/C49H27N3O3/c1-2-11-29-26-31(21-20-28(29)10-1)47-50-48(52-49(51-47)39-16-9-15-36-34-13-4-7-18-41(34)54-45(36)39)38-25-24-32(46-44(38)37-14-5-8-19-42(37)55-46)30-22-23-35-33-12-3-6-17-40(33)53-43(35)27-30/h1-27H. The predicted molar refractivity (Wildman–Crippen MR) is 221 cm³/mol. The van der Waals surface area contributed by atoms with Crippen LogP contribution < -0.4 is 0 Å². The molecule has 0 bridgehead atoms. The summed E-state index contributed by atoms with van der Waals surface area (Å²) in [6.45, 7) is 0. The highest BCUT2D eigenvalue weighted by Crippen LogP contribution is 2.43. The third-order valence-electron chi connectivity index (χ3n) is 10.7. The van der Waals surface area contributed by atoms with Gasteiger partial charge in [0.15, 0.2) is 17.5 Å². The summed E-state index contributed by atoms with van der Waals surface area (Å²) in [7, 11) is 0. The van der Waals surface area contributed by atoms with E-state index in [2.05, 4.69) is 84.9 Å². The molecular formula is C49H27N3O3. The summed E-state index contributed by atoms with van der Waals surface area (Å²) in [5, 5.41) is 8.40. The maximum Gasteiger partial charge on any atom is 0.167 e. The molecule has 0 spiro atoms. The number of para-hydroxylation sites is 4. The van der Waals surface area contributed by atoms with Crippen LogP contribution in [-0.4, -0.2) is 15.0 Å². The number of aromatic nitrogens is 3. The van der Waals surface area contributed by atoms with Crippen molar-refractivity contribution < 1.29 is 13.3 Å². The topological polar surface area (TPSA) is 78.1 Å². The summed E-state index contributed by atoms with van der Waals surface area (Å²) in [6, 6.07) is 55.7. The lowest BCUT2D eigenvalue weighted by molar-refractivity contribution is 0.668. The van der Waals surface area contributed by atoms with E-state index in [0.29, 0.717) is 17.5 Å². The molecule has 4 aromatic heterocycles. The molecule has 0 saturated carbocycles. The van der Waals surface area contributed by atoms with Crippen molar-refractivity contribution in [3.63, 3.8) is 0 Å². The summed E-state index contributed by atoms with van der Waals surface area (Å²) < 4.78 is 19.5. The molecule has 4 heterocycles. The summed E-state index contributed by atoms with van der Waals surface area (Å²) in [5.41, 5.74) is 9.26. The van der Waals surface area contributed by atoms with Crippen molar-refractivity contribution in [3.05, 3.63) is 164 Å². The Morgan fingerprint density at radius 1 is 0.309 bits per heavy atom. The Labute approximate surface area is 312 Å². The molecule has 55 heavy (non-hydrogen) atoms. The molecule has 0 N–H and O–H groups in total. The molecule has 0 amide bonds. The smallest absolute Gasteiger partial charge is 0.167 e. The zero-order valence-electron chi connectivity index (χ0n) is 29.2. The maximum atomic E-state index is 6.72. The normalized spacial score (nSPS) is 12.0. The number of fused-ring (bicyclic) bond motifs is 10. The van der Waals surface area contributed by atoms with E-state index in [1.54, 1.807) is 0 Å². The van der Waals surface area contributed by atoms with Crippen molar-refractivity contribution in [3.8, 4) is 45.3 Å². The number of hydrogen-bond donors (Lipinski definition) is 0. The van der Waals surface area contributed by atoms with Gasteiger partial charge in [-0.2, -0.15) is 0 Å². The van der Waals surface area contributed by atoms with Crippen LogP contribution in [0.1, 0.15) is 0 Å². The van der Waals surface area contributed by atoms with E-state index in [0.717, 1.165) is 104 Å². The molecule has 0 atom stereocenters. The van der Waals surface area contributed by atoms with Crippen LogP contribution in [0.15, 0.2) is 177 Å². The summed E-state index contributed by atoms with van der Waals surface area (Å²) in [6.07, 6.45) is 0. The molecule has 0 saturated heterocycles. The zero-order chi connectivity index (χ0) is 36.0. The minimum absolute atomic E-state index is 0.526. The number of hydrogen-bond acceptors (Lipinski definition) is 6. The zero-order valence-corrected chi connectivity index (χ0v) is 29.2. The van der Waals surface area contributed by atoms with Gasteiger partial charge in [-0.05, 0) is 70.9 Å². The molecule has 0 radical (unpaired) electrons. The van der Waals surface area contributed by atoms with Crippen LogP contribution in [0, 0.1) is 0 Å². The molecule has 12 aromatic rings. The van der Waals surface area contributed by atoms with Gasteiger partial charge in [0.25, 0.3) is 0 Å². The molecule has 0 aliphatic rings. The Morgan fingerprint density at radius 2 is 0.891 bits per heavy atom. The molecule has 6 heteroatoms. The van der Waals surface area contributed by atoms with E-state index in [-0.39, 0.29) is 0 Å². The lowest BCUT2D eigenvalue weighted by atomic mass is 9.97. The van der Waals surface area contributed by atoms with Crippen LogP contribution in [0.5, 0.6) is 0 Å². The largest absolute Gasteiger partial charge is 0.456 e. The summed E-state index contributed by atoms with van der Waals surface area (Å²) >= 11 is 0. The van der Waals surface area contributed by atoms with Crippen LogP contribution in [0.4, 0.5) is 0 Å². The third-order valence-corrected chi connectivity index (χ3v) is 10.7. The minimum Gasteiger partial charge on any atom is -0.456 e. The van der Waals surface area contributed by atoms with Crippen LogP contribution in [-0.2, 0) is 0 Å². The summed E-state index contributed by atoms with van der Waals surface area (Å²) in [5.74, 6) is 1.63. The van der Waals surface area contributed by atoms with Crippen LogP contribution >= 0.6 is 0 Å². The van der Waals surface area contributed by atoms with Crippen LogP contribution in [0.3, 0.4) is 0 Å². The first-order valence-electron chi connectivity index (χ1n) is 18.3. The van der Waals surface area contributed by atoms with Gasteiger partial charge < -0.3 is 13.3 Å². The monoisotopic (exact) mass is 705 g/mol. The second-order valence-corrected chi connectivity index (χ2v) is 13.9. The second kappa shape index (κ2) is 11.5. The Balaban J connectivity index is 1.12. The Bertz CT molecular complexity index is 3520.